The molecule has 22 heavy (non-hydrogen) atoms. The van der Waals surface area contributed by atoms with Gasteiger partial charge in [-0.3, -0.25) is 4.79 Å². The molecule has 0 saturated carbocycles. The highest BCUT2D eigenvalue weighted by atomic mass is 16.5. The minimum atomic E-state index is -0.0102. The highest BCUT2D eigenvalue weighted by molar-refractivity contribution is 5.94. The molecule has 0 unspecified atom stereocenters. The van der Waals surface area contributed by atoms with E-state index < -0.39 is 0 Å². The quantitative estimate of drug-likeness (QED) is 0.849. The number of benzene rings is 1. The van der Waals surface area contributed by atoms with E-state index >= 15 is 0 Å². The Hall–Kier alpha value is -1.99. The van der Waals surface area contributed by atoms with Gasteiger partial charge in [-0.1, -0.05) is 12.8 Å². The van der Waals surface area contributed by atoms with Crippen LogP contribution in [-0.4, -0.2) is 42.2 Å². The number of carbonyl (C=O) groups excluding carboxylic acids is 1. The van der Waals surface area contributed by atoms with Gasteiger partial charge in [0.1, 0.15) is 12.4 Å². The molecule has 2 rings (SSSR count). The highest BCUT2D eigenvalue weighted by Crippen LogP contribution is 2.34. The molecule has 1 aromatic rings. The second-order valence-electron chi connectivity index (χ2n) is 5.82. The largest absolute Gasteiger partial charge is 0.481 e. The lowest BCUT2D eigenvalue weighted by molar-refractivity contribution is 0.0338. The maximum Gasteiger partial charge on any atom is 0.253 e. The molecule has 1 fully saturated rings. The number of likely N-dealkylation sites (tertiary alicyclic amines) is 1. The molecule has 0 bridgehead atoms. The molecule has 0 atom stereocenters. The van der Waals surface area contributed by atoms with Gasteiger partial charge in [-0.25, -0.2) is 0 Å². The van der Waals surface area contributed by atoms with E-state index in [2.05, 4.69) is 12.8 Å². The summed E-state index contributed by atoms with van der Waals surface area (Å²) in [5, 5.41) is 9.55. The zero-order valence-electron chi connectivity index (χ0n) is 13.0. The van der Waals surface area contributed by atoms with Crippen molar-refractivity contribution in [2.75, 3.05) is 26.3 Å². The predicted molar refractivity (Wildman–Crippen MR) is 85.7 cm³/mol. The Morgan fingerprint density at radius 1 is 1.36 bits per heavy atom. The van der Waals surface area contributed by atoms with E-state index in [9.17, 15) is 9.90 Å². The van der Waals surface area contributed by atoms with Crippen molar-refractivity contribution in [3.63, 3.8) is 0 Å². The first-order valence-corrected chi connectivity index (χ1v) is 7.70. The zero-order valence-corrected chi connectivity index (χ0v) is 13.0. The number of hydrogen-bond acceptors (Lipinski definition) is 3. The molecule has 0 aromatic heterocycles. The Kier molecular flexibility index (Phi) is 5.46. The minimum Gasteiger partial charge on any atom is -0.481 e. The maximum absolute atomic E-state index is 12.5. The smallest absolute Gasteiger partial charge is 0.253 e. The van der Waals surface area contributed by atoms with Crippen molar-refractivity contribution in [1.29, 1.82) is 0 Å². The Morgan fingerprint density at radius 3 is 2.50 bits per heavy atom. The molecule has 1 aliphatic rings. The summed E-state index contributed by atoms with van der Waals surface area (Å²) in [6.07, 6.45) is 7.81. The fraction of sp³-hybridized carbons (Fsp3) is 0.500. The Balaban J connectivity index is 1.96. The van der Waals surface area contributed by atoms with Crippen LogP contribution >= 0.6 is 0 Å². The van der Waals surface area contributed by atoms with Crippen LogP contribution in [0.3, 0.4) is 0 Å². The van der Waals surface area contributed by atoms with Crippen LogP contribution in [0, 0.1) is 17.8 Å². The molecule has 0 spiro atoms. The molecule has 4 nitrogen and oxygen atoms in total. The van der Waals surface area contributed by atoms with Gasteiger partial charge in [-0.15, -0.1) is 6.42 Å². The number of carbonyl (C=O) groups is 1. The fourth-order valence-corrected chi connectivity index (χ4v) is 2.81. The molecule has 4 heteroatoms. The van der Waals surface area contributed by atoms with Crippen molar-refractivity contribution in [2.24, 2.45) is 5.41 Å². The lowest BCUT2D eigenvalue weighted by Crippen LogP contribution is -2.44. The normalized spacial score (nSPS) is 16.9. The number of aliphatic hydroxyl groups excluding tert-OH is 1. The van der Waals surface area contributed by atoms with E-state index in [4.69, 9.17) is 11.2 Å². The van der Waals surface area contributed by atoms with Crippen LogP contribution in [0.1, 0.15) is 36.5 Å². The fourth-order valence-electron chi connectivity index (χ4n) is 2.81. The van der Waals surface area contributed by atoms with Gasteiger partial charge in [0.05, 0.1) is 0 Å². The van der Waals surface area contributed by atoms with E-state index in [0.29, 0.717) is 24.4 Å². The molecule has 1 heterocycles. The first-order valence-electron chi connectivity index (χ1n) is 7.70. The van der Waals surface area contributed by atoms with Crippen LogP contribution in [-0.2, 0) is 0 Å². The van der Waals surface area contributed by atoms with Crippen molar-refractivity contribution in [3.8, 4) is 18.1 Å². The summed E-state index contributed by atoms with van der Waals surface area (Å²) in [6, 6.07) is 7.06. The Morgan fingerprint density at radius 2 is 2.00 bits per heavy atom. The molecule has 0 aliphatic carbocycles. The highest BCUT2D eigenvalue weighted by Gasteiger charge is 2.34. The lowest BCUT2D eigenvalue weighted by Gasteiger charge is -2.40. The second-order valence-corrected chi connectivity index (χ2v) is 5.82. The summed E-state index contributed by atoms with van der Waals surface area (Å²) in [5.41, 5.74) is 0.644. The van der Waals surface area contributed by atoms with E-state index in [-0.39, 0.29) is 24.5 Å². The van der Waals surface area contributed by atoms with Gasteiger partial charge in [-0.2, -0.15) is 0 Å². The van der Waals surface area contributed by atoms with Gasteiger partial charge < -0.3 is 14.7 Å². The van der Waals surface area contributed by atoms with Gasteiger partial charge in [0, 0.05) is 25.3 Å². The molecule has 0 radical (unpaired) electrons. The first-order chi connectivity index (χ1) is 10.6. The number of terminal acetylenes is 1. The van der Waals surface area contributed by atoms with Crippen molar-refractivity contribution in [1.82, 2.24) is 4.90 Å². The first kappa shape index (κ1) is 16.4. The van der Waals surface area contributed by atoms with Gasteiger partial charge in [0.2, 0.25) is 0 Å². The molecular weight excluding hydrogens is 278 g/mol. The Bertz CT molecular complexity index is 530. The van der Waals surface area contributed by atoms with Gasteiger partial charge in [0.15, 0.2) is 0 Å². The molecular formula is C18H23NO3. The molecule has 118 valence electrons. The summed E-state index contributed by atoms with van der Waals surface area (Å²) >= 11 is 0. The number of piperidine rings is 1. The third kappa shape index (κ3) is 3.61. The number of nitrogens with zero attached hydrogens (tertiary/aromatic N) is 1. The number of aliphatic hydroxyl groups is 1. The predicted octanol–water partition coefficient (Wildman–Crippen LogP) is 2.32. The number of hydrogen-bond donors (Lipinski definition) is 1. The number of amides is 1. The summed E-state index contributed by atoms with van der Waals surface area (Å²) in [4.78, 5) is 14.4. The van der Waals surface area contributed by atoms with E-state index in [1.165, 1.54) is 0 Å². The minimum absolute atomic E-state index is 0.0102. The lowest BCUT2D eigenvalue weighted by atomic mass is 9.77. The van der Waals surface area contributed by atoms with Crippen LogP contribution in [0.2, 0.25) is 0 Å². The monoisotopic (exact) mass is 301 g/mol. The second kappa shape index (κ2) is 7.33. The third-order valence-electron chi connectivity index (χ3n) is 4.62. The summed E-state index contributed by atoms with van der Waals surface area (Å²) in [6.45, 7) is 3.92. The maximum atomic E-state index is 12.5. The zero-order chi connectivity index (χ0) is 16.0. The van der Waals surface area contributed by atoms with Gasteiger partial charge >= 0.3 is 0 Å². The summed E-state index contributed by atoms with van der Waals surface area (Å²) in [5.74, 6) is 3.10. The molecule has 1 N–H and O–H groups in total. The Labute approximate surface area is 132 Å². The summed E-state index contributed by atoms with van der Waals surface area (Å²) in [7, 11) is 0. The summed E-state index contributed by atoms with van der Waals surface area (Å²) < 4.78 is 5.30. The van der Waals surface area contributed by atoms with Crippen molar-refractivity contribution < 1.29 is 14.6 Å². The number of rotatable bonds is 5. The SMILES string of the molecule is C#CCOc1ccc(C(=O)N2CCC(CC)(CO)CC2)cc1. The van der Waals surface area contributed by atoms with Gasteiger partial charge in [0.25, 0.3) is 5.91 Å². The van der Waals surface area contributed by atoms with Crippen LogP contribution in [0.5, 0.6) is 5.75 Å². The average molecular weight is 301 g/mol. The van der Waals surface area contributed by atoms with Crippen molar-refractivity contribution in [2.45, 2.75) is 26.2 Å². The van der Waals surface area contributed by atoms with Crippen LogP contribution < -0.4 is 4.74 Å². The molecule has 1 amide bonds. The standard InChI is InChI=1S/C18H23NO3/c1-3-13-22-16-7-5-15(6-8-16)17(21)19-11-9-18(4-2,14-20)10-12-19/h1,5-8,20H,4,9-14H2,2H3. The topological polar surface area (TPSA) is 49.8 Å². The van der Waals surface area contributed by atoms with Crippen LogP contribution in [0.15, 0.2) is 24.3 Å². The van der Waals surface area contributed by atoms with Crippen LogP contribution in [0.25, 0.3) is 0 Å². The molecule has 1 saturated heterocycles. The molecule has 1 aliphatic heterocycles. The van der Waals surface area contributed by atoms with E-state index in [0.717, 1.165) is 19.3 Å². The number of ether oxygens (including phenoxy) is 1. The van der Waals surface area contributed by atoms with Crippen LogP contribution in [0.4, 0.5) is 0 Å². The van der Waals surface area contributed by atoms with Crippen molar-refractivity contribution >= 4 is 5.91 Å². The third-order valence-corrected chi connectivity index (χ3v) is 4.62. The van der Waals surface area contributed by atoms with Gasteiger partial charge in [-0.05, 0) is 48.9 Å². The molecule has 1 aromatic carbocycles. The average Bonchev–Trinajstić information content (AvgIpc) is 2.60. The van der Waals surface area contributed by atoms with E-state index in [1.54, 1.807) is 24.3 Å². The van der Waals surface area contributed by atoms with Crippen molar-refractivity contribution in [3.05, 3.63) is 29.8 Å². The van der Waals surface area contributed by atoms with E-state index in [1.807, 2.05) is 4.90 Å².